The third-order valence-electron chi connectivity index (χ3n) is 4.32. The average Bonchev–Trinajstić information content (AvgIpc) is 3.04. The molecule has 3 aromatic carbocycles. The monoisotopic (exact) mass is 352 g/mol. The maximum atomic E-state index is 12.8. The maximum Gasteiger partial charge on any atom is 0.416 e. The molecule has 1 aromatic heterocycles. The molecule has 0 fully saturated rings. The second-order valence-corrected chi connectivity index (χ2v) is 6.26. The minimum absolute atomic E-state index is 0.373. The van der Waals surface area contributed by atoms with Crippen LogP contribution in [0, 0.1) is 6.92 Å². The van der Waals surface area contributed by atoms with Gasteiger partial charge in [0.25, 0.3) is 0 Å². The Hall–Kier alpha value is -3.08. The number of halogens is 3. The van der Waals surface area contributed by atoms with Crippen LogP contribution in [-0.4, -0.2) is 9.97 Å². The van der Waals surface area contributed by atoms with Gasteiger partial charge in [0.15, 0.2) is 0 Å². The van der Waals surface area contributed by atoms with Crippen LogP contribution in [0.2, 0.25) is 0 Å². The van der Waals surface area contributed by atoms with Gasteiger partial charge in [-0.3, -0.25) is 0 Å². The van der Waals surface area contributed by atoms with E-state index in [0.29, 0.717) is 16.9 Å². The molecule has 26 heavy (non-hydrogen) atoms. The fourth-order valence-corrected chi connectivity index (χ4v) is 2.97. The number of imidazole rings is 1. The molecule has 5 heteroatoms. The zero-order valence-electron chi connectivity index (χ0n) is 13.9. The van der Waals surface area contributed by atoms with Crippen LogP contribution in [0.3, 0.4) is 0 Å². The van der Waals surface area contributed by atoms with Crippen molar-refractivity contribution in [3.05, 3.63) is 77.9 Å². The quantitative estimate of drug-likeness (QED) is 0.455. The van der Waals surface area contributed by atoms with Crippen molar-refractivity contribution in [2.24, 2.45) is 0 Å². The van der Waals surface area contributed by atoms with E-state index < -0.39 is 11.7 Å². The molecule has 0 aliphatic carbocycles. The van der Waals surface area contributed by atoms with E-state index in [1.807, 2.05) is 49.4 Å². The van der Waals surface area contributed by atoms with Crippen molar-refractivity contribution in [1.29, 1.82) is 0 Å². The number of hydrogen-bond donors (Lipinski definition) is 1. The number of benzene rings is 3. The van der Waals surface area contributed by atoms with Gasteiger partial charge in [-0.25, -0.2) is 4.98 Å². The molecular formula is C21H15F3N2. The largest absolute Gasteiger partial charge is 0.416 e. The Balaban J connectivity index is 1.69. The Morgan fingerprint density at radius 3 is 2.23 bits per heavy atom. The number of fused-ring (bicyclic) bond motifs is 1. The van der Waals surface area contributed by atoms with Crippen LogP contribution in [0.15, 0.2) is 66.7 Å². The number of alkyl halides is 3. The number of aryl methyl sites for hydroxylation is 1. The van der Waals surface area contributed by atoms with Gasteiger partial charge in [0.1, 0.15) is 5.82 Å². The van der Waals surface area contributed by atoms with Crippen LogP contribution in [0.5, 0.6) is 0 Å². The smallest absolute Gasteiger partial charge is 0.338 e. The van der Waals surface area contributed by atoms with Gasteiger partial charge in [0.2, 0.25) is 0 Å². The number of hydrogen-bond acceptors (Lipinski definition) is 1. The molecule has 2 nitrogen and oxygen atoms in total. The number of aromatic amines is 1. The van der Waals surface area contributed by atoms with Gasteiger partial charge >= 0.3 is 6.18 Å². The van der Waals surface area contributed by atoms with E-state index in [2.05, 4.69) is 16.0 Å². The lowest BCUT2D eigenvalue weighted by atomic mass is 10.0. The van der Waals surface area contributed by atoms with Crippen molar-refractivity contribution < 1.29 is 13.2 Å². The average molecular weight is 352 g/mol. The van der Waals surface area contributed by atoms with E-state index in [-0.39, 0.29) is 0 Å². The van der Waals surface area contributed by atoms with Crippen LogP contribution in [0.1, 0.15) is 11.1 Å². The van der Waals surface area contributed by atoms with Crippen molar-refractivity contribution in [2.45, 2.75) is 13.1 Å². The summed E-state index contributed by atoms with van der Waals surface area (Å²) in [6.45, 7) is 2.04. The van der Waals surface area contributed by atoms with E-state index in [9.17, 15) is 13.2 Å². The lowest BCUT2D eigenvalue weighted by Gasteiger charge is -2.05. The van der Waals surface area contributed by atoms with Crippen molar-refractivity contribution in [1.82, 2.24) is 9.97 Å². The topological polar surface area (TPSA) is 28.7 Å². The van der Waals surface area contributed by atoms with Crippen LogP contribution in [0.4, 0.5) is 13.2 Å². The standard InChI is InChI=1S/C21H15F3N2/c1-13-3-2-4-16(11-13)14-5-7-15(8-6-14)20-25-18-10-9-17(21(22,23)24)12-19(18)26-20/h2-12H,1H3,(H,25,26). The van der Waals surface area contributed by atoms with Crippen molar-refractivity contribution >= 4 is 11.0 Å². The van der Waals surface area contributed by atoms with Gasteiger partial charge < -0.3 is 4.98 Å². The molecule has 0 saturated carbocycles. The first kappa shape index (κ1) is 16.4. The number of aromatic nitrogens is 2. The highest BCUT2D eigenvalue weighted by atomic mass is 19.4. The summed E-state index contributed by atoms with van der Waals surface area (Å²) >= 11 is 0. The molecule has 0 saturated heterocycles. The third kappa shape index (κ3) is 3.08. The van der Waals surface area contributed by atoms with E-state index in [1.54, 1.807) is 0 Å². The zero-order valence-corrected chi connectivity index (χ0v) is 13.9. The lowest BCUT2D eigenvalue weighted by molar-refractivity contribution is -0.137. The summed E-state index contributed by atoms with van der Waals surface area (Å²) in [6.07, 6.45) is -4.37. The molecule has 0 spiro atoms. The molecule has 0 bridgehead atoms. The fraction of sp³-hybridized carbons (Fsp3) is 0.0952. The first-order valence-corrected chi connectivity index (χ1v) is 8.14. The molecule has 130 valence electrons. The molecule has 0 radical (unpaired) electrons. The summed E-state index contributed by atoms with van der Waals surface area (Å²) in [6, 6.07) is 19.5. The van der Waals surface area contributed by atoms with Crippen molar-refractivity contribution in [2.75, 3.05) is 0 Å². The summed E-state index contributed by atoms with van der Waals surface area (Å²) in [5, 5.41) is 0. The molecule has 4 aromatic rings. The minimum atomic E-state index is -4.37. The Morgan fingerprint density at radius 2 is 1.54 bits per heavy atom. The molecular weight excluding hydrogens is 337 g/mol. The highest BCUT2D eigenvalue weighted by Crippen LogP contribution is 2.32. The maximum absolute atomic E-state index is 12.8. The second-order valence-electron chi connectivity index (χ2n) is 6.26. The molecule has 0 amide bonds. The second kappa shape index (κ2) is 6.02. The minimum Gasteiger partial charge on any atom is -0.338 e. The lowest BCUT2D eigenvalue weighted by Crippen LogP contribution is -2.04. The Kier molecular flexibility index (Phi) is 3.80. The summed E-state index contributed by atoms with van der Waals surface area (Å²) in [4.78, 5) is 7.38. The fourth-order valence-electron chi connectivity index (χ4n) is 2.97. The molecule has 0 aliphatic heterocycles. The van der Waals surface area contributed by atoms with Crippen LogP contribution in [0.25, 0.3) is 33.5 Å². The van der Waals surface area contributed by atoms with Crippen molar-refractivity contribution in [3.63, 3.8) is 0 Å². The summed E-state index contributed by atoms with van der Waals surface area (Å²) < 4.78 is 38.5. The van der Waals surface area contributed by atoms with Crippen molar-refractivity contribution in [3.8, 4) is 22.5 Å². The summed E-state index contributed by atoms with van der Waals surface area (Å²) in [5.74, 6) is 0.551. The molecule has 0 aliphatic rings. The van der Waals surface area contributed by atoms with E-state index >= 15 is 0 Å². The van der Waals surface area contributed by atoms with Gasteiger partial charge in [0.05, 0.1) is 16.6 Å². The Labute approximate surface area is 148 Å². The molecule has 1 N–H and O–H groups in total. The van der Waals surface area contributed by atoms with Crippen LogP contribution < -0.4 is 0 Å². The number of nitrogens with one attached hydrogen (secondary N) is 1. The predicted octanol–water partition coefficient (Wildman–Crippen LogP) is 6.22. The predicted molar refractivity (Wildman–Crippen MR) is 96.7 cm³/mol. The first-order valence-electron chi connectivity index (χ1n) is 8.14. The van der Waals surface area contributed by atoms with E-state index in [4.69, 9.17) is 0 Å². The SMILES string of the molecule is Cc1cccc(-c2ccc(-c3nc4ccc(C(F)(F)F)cc4[nH]3)cc2)c1. The van der Waals surface area contributed by atoms with Gasteiger partial charge in [0, 0.05) is 5.56 Å². The summed E-state index contributed by atoms with van der Waals surface area (Å²) in [7, 11) is 0. The summed E-state index contributed by atoms with van der Waals surface area (Å²) in [5.41, 5.74) is 4.41. The Bertz CT molecular complexity index is 1080. The van der Waals surface area contributed by atoms with Crippen LogP contribution in [-0.2, 0) is 6.18 Å². The Morgan fingerprint density at radius 1 is 0.808 bits per heavy atom. The van der Waals surface area contributed by atoms with Crippen LogP contribution >= 0.6 is 0 Å². The first-order chi connectivity index (χ1) is 12.4. The molecule has 0 atom stereocenters. The van der Waals surface area contributed by atoms with Gasteiger partial charge in [-0.15, -0.1) is 0 Å². The van der Waals surface area contributed by atoms with Gasteiger partial charge in [-0.05, 0) is 36.2 Å². The number of H-pyrrole nitrogens is 1. The van der Waals surface area contributed by atoms with Gasteiger partial charge in [-0.2, -0.15) is 13.2 Å². The third-order valence-corrected chi connectivity index (χ3v) is 4.32. The van der Waals surface area contributed by atoms with E-state index in [0.717, 1.165) is 28.8 Å². The molecule has 0 unspecified atom stereocenters. The number of rotatable bonds is 2. The molecule has 4 rings (SSSR count). The molecule has 1 heterocycles. The highest BCUT2D eigenvalue weighted by molar-refractivity contribution is 5.80. The van der Waals surface area contributed by atoms with Gasteiger partial charge in [-0.1, -0.05) is 54.1 Å². The van der Waals surface area contributed by atoms with E-state index in [1.165, 1.54) is 11.6 Å². The highest BCUT2D eigenvalue weighted by Gasteiger charge is 2.30. The zero-order chi connectivity index (χ0) is 18.3. The number of nitrogens with zero attached hydrogens (tertiary/aromatic N) is 1. The normalized spacial score (nSPS) is 11.8.